The SMILES string of the molecule is CC1SCCC1NCCCN1CCCCC1C. The van der Waals surface area contributed by atoms with Crippen molar-refractivity contribution in [3.63, 3.8) is 0 Å². The Balaban J connectivity index is 1.56. The molecule has 1 N–H and O–H groups in total. The molecule has 0 bridgehead atoms. The summed E-state index contributed by atoms with van der Waals surface area (Å²) in [4.78, 5) is 2.68. The number of nitrogens with one attached hydrogen (secondary N) is 1. The average molecular weight is 256 g/mol. The van der Waals surface area contributed by atoms with E-state index >= 15 is 0 Å². The molecule has 2 nitrogen and oxygen atoms in total. The molecule has 2 saturated heterocycles. The first kappa shape index (κ1) is 13.7. The summed E-state index contributed by atoms with van der Waals surface area (Å²) in [7, 11) is 0. The van der Waals surface area contributed by atoms with E-state index in [9.17, 15) is 0 Å². The minimum atomic E-state index is 0.777. The van der Waals surface area contributed by atoms with E-state index in [1.807, 2.05) is 0 Å². The predicted molar refractivity (Wildman–Crippen MR) is 77.8 cm³/mol. The van der Waals surface area contributed by atoms with Crippen LogP contribution in [0.5, 0.6) is 0 Å². The lowest BCUT2D eigenvalue weighted by Gasteiger charge is -2.33. The first-order valence-electron chi connectivity index (χ1n) is 7.36. The van der Waals surface area contributed by atoms with Gasteiger partial charge < -0.3 is 10.2 Å². The summed E-state index contributed by atoms with van der Waals surface area (Å²) in [6.45, 7) is 8.59. The molecule has 3 atom stereocenters. The van der Waals surface area contributed by atoms with Crippen LogP contribution in [0.1, 0.15) is 46.0 Å². The topological polar surface area (TPSA) is 15.3 Å². The Morgan fingerprint density at radius 2 is 2.12 bits per heavy atom. The van der Waals surface area contributed by atoms with Crippen molar-refractivity contribution in [1.82, 2.24) is 10.2 Å². The molecule has 2 fully saturated rings. The minimum Gasteiger partial charge on any atom is -0.313 e. The molecule has 2 rings (SSSR count). The highest BCUT2D eigenvalue weighted by molar-refractivity contribution is 8.00. The normalized spacial score (nSPS) is 35.3. The Morgan fingerprint density at radius 1 is 1.24 bits per heavy atom. The van der Waals surface area contributed by atoms with E-state index in [0.717, 1.165) is 17.3 Å². The van der Waals surface area contributed by atoms with Crippen LogP contribution in [-0.2, 0) is 0 Å². The highest BCUT2D eigenvalue weighted by Gasteiger charge is 2.23. The first-order valence-corrected chi connectivity index (χ1v) is 8.41. The second-order valence-electron chi connectivity index (χ2n) is 5.66. The van der Waals surface area contributed by atoms with Crippen molar-refractivity contribution in [2.75, 3.05) is 25.4 Å². The third kappa shape index (κ3) is 4.15. The number of nitrogens with zero attached hydrogens (tertiary/aromatic N) is 1. The zero-order chi connectivity index (χ0) is 12.1. The van der Waals surface area contributed by atoms with Gasteiger partial charge in [-0.2, -0.15) is 11.8 Å². The summed E-state index contributed by atoms with van der Waals surface area (Å²) in [5.41, 5.74) is 0. The van der Waals surface area contributed by atoms with E-state index in [-0.39, 0.29) is 0 Å². The summed E-state index contributed by atoms with van der Waals surface area (Å²) >= 11 is 2.12. The second kappa shape index (κ2) is 7.01. The van der Waals surface area contributed by atoms with Crippen LogP contribution in [0.2, 0.25) is 0 Å². The molecule has 0 aromatic heterocycles. The molecule has 3 heteroatoms. The lowest BCUT2D eigenvalue weighted by atomic mass is 10.0. The van der Waals surface area contributed by atoms with Gasteiger partial charge in [0.15, 0.2) is 0 Å². The van der Waals surface area contributed by atoms with Gasteiger partial charge in [-0.25, -0.2) is 0 Å². The molecule has 0 saturated carbocycles. The van der Waals surface area contributed by atoms with Gasteiger partial charge >= 0.3 is 0 Å². The minimum absolute atomic E-state index is 0.777. The van der Waals surface area contributed by atoms with Gasteiger partial charge in [0.2, 0.25) is 0 Å². The molecule has 3 unspecified atom stereocenters. The molecular weight excluding hydrogens is 228 g/mol. The van der Waals surface area contributed by atoms with Gasteiger partial charge in [0.25, 0.3) is 0 Å². The highest BCUT2D eigenvalue weighted by atomic mass is 32.2. The Hall–Kier alpha value is 0.270. The largest absolute Gasteiger partial charge is 0.313 e. The number of rotatable bonds is 5. The first-order chi connectivity index (χ1) is 8.27. The summed E-state index contributed by atoms with van der Waals surface area (Å²) in [6, 6.07) is 1.60. The van der Waals surface area contributed by atoms with Crippen molar-refractivity contribution in [3.05, 3.63) is 0 Å². The summed E-state index contributed by atoms with van der Waals surface area (Å²) < 4.78 is 0. The van der Waals surface area contributed by atoms with Gasteiger partial charge in [-0.05, 0) is 58.0 Å². The van der Waals surface area contributed by atoms with Gasteiger partial charge in [-0.15, -0.1) is 0 Å². The van der Waals surface area contributed by atoms with Crippen molar-refractivity contribution in [1.29, 1.82) is 0 Å². The van der Waals surface area contributed by atoms with Gasteiger partial charge in [-0.3, -0.25) is 0 Å². The second-order valence-corrected chi connectivity index (χ2v) is 7.14. The molecule has 2 heterocycles. The monoisotopic (exact) mass is 256 g/mol. The Bertz CT molecular complexity index is 222. The average Bonchev–Trinajstić information content (AvgIpc) is 2.73. The van der Waals surface area contributed by atoms with E-state index in [2.05, 4.69) is 35.8 Å². The number of hydrogen-bond donors (Lipinski definition) is 1. The van der Waals surface area contributed by atoms with Crippen LogP contribution < -0.4 is 5.32 Å². The van der Waals surface area contributed by atoms with Gasteiger partial charge in [-0.1, -0.05) is 13.3 Å². The molecule has 2 aliphatic heterocycles. The molecule has 0 aliphatic carbocycles. The molecule has 17 heavy (non-hydrogen) atoms. The highest BCUT2D eigenvalue weighted by Crippen LogP contribution is 2.26. The summed E-state index contributed by atoms with van der Waals surface area (Å²) in [6.07, 6.45) is 6.94. The van der Waals surface area contributed by atoms with Crippen molar-refractivity contribution < 1.29 is 0 Å². The van der Waals surface area contributed by atoms with Gasteiger partial charge in [0.05, 0.1) is 0 Å². The van der Waals surface area contributed by atoms with E-state index in [0.29, 0.717) is 0 Å². The van der Waals surface area contributed by atoms with E-state index in [4.69, 9.17) is 0 Å². The predicted octanol–water partition coefficient (Wildman–Crippen LogP) is 2.73. The Morgan fingerprint density at radius 3 is 2.82 bits per heavy atom. The van der Waals surface area contributed by atoms with Gasteiger partial charge in [0.1, 0.15) is 0 Å². The fourth-order valence-electron chi connectivity index (χ4n) is 3.06. The fraction of sp³-hybridized carbons (Fsp3) is 1.00. The number of hydrogen-bond acceptors (Lipinski definition) is 3. The maximum atomic E-state index is 3.74. The molecule has 0 aromatic carbocycles. The smallest absolute Gasteiger partial charge is 0.0191 e. The van der Waals surface area contributed by atoms with Crippen LogP contribution in [0, 0.1) is 0 Å². The maximum Gasteiger partial charge on any atom is 0.0191 e. The molecular formula is C14H28N2S. The Labute approximate surface area is 111 Å². The van der Waals surface area contributed by atoms with Crippen molar-refractivity contribution in [2.45, 2.75) is 63.3 Å². The molecule has 0 radical (unpaired) electrons. The third-order valence-electron chi connectivity index (χ3n) is 4.35. The van der Waals surface area contributed by atoms with Crippen LogP contribution in [0.4, 0.5) is 0 Å². The Kier molecular flexibility index (Phi) is 5.64. The van der Waals surface area contributed by atoms with Crippen LogP contribution in [-0.4, -0.2) is 47.6 Å². The van der Waals surface area contributed by atoms with Crippen LogP contribution >= 0.6 is 11.8 Å². The molecule has 0 amide bonds. The lowest BCUT2D eigenvalue weighted by molar-refractivity contribution is 0.158. The van der Waals surface area contributed by atoms with E-state index < -0.39 is 0 Å². The molecule has 0 spiro atoms. The van der Waals surface area contributed by atoms with E-state index in [1.54, 1.807) is 0 Å². The summed E-state index contributed by atoms with van der Waals surface area (Å²) in [5.74, 6) is 1.35. The molecule has 0 aromatic rings. The quantitative estimate of drug-likeness (QED) is 0.762. The number of piperidine rings is 1. The third-order valence-corrected chi connectivity index (χ3v) is 5.67. The van der Waals surface area contributed by atoms with Crippen LogP contribution in [0.25, 0.3) is 0 Å². The van der Waals surface area contributed by atoms with Crippen molar-refractivity contribution in [2.24, 2.45) is 0 Å². The zero-order valence-electron chi connectivity index (χ0n) is 11.5. The van der Waals surface area contributed by atoms with Crippen molar-refractivity contribution in [3.8, 4) is 0 Å². The van der Waals surface area contributed by atoms with E-state index in [1.165, 1.54) is 57.5 Å². The molecule has 2 aliphatic rings. The van der Waals surface area contributed by atoms with Crippen LogP contribution in [0.3, 0.4) is 0 Å². The van der Waals surface area contributed by atoms with Gasteiger partial charge in [0, 0.05) is 17.3 Å². The van der Waals surface area contributed by atoms with Crippen LogP contribution in [0.15, 0.2) is 0 Å². The lowest BCUT2D eigenvalue weighted by Crippen LogP contribution is -2.40. The fourth-order valence-corrected chi connectivity index (χ4v) is 4.29. The standard InChI is InChI=1S/C14H28N2S/c1-12-6-3-4-9-16(12)10-5-8-15-14-7-11-17-13(14)2/h12-15H,3-11H2,1-2H3. The van der Waals surface area contributed by atoms with Crippen molar-refractivity contribution >= 4 is 11.8 Å². The summed E-state index contributed by atoms with van der Waals surface area (Å²) in [5, 5.41) is 4.56. The number of likely N-dealkylation sites (tertiary alicyclic amines) is 1. The maximum absolute atomic E-state index is 3.74. The molecule has 100 valence electrons. The number of thioether (sulfide) groups is 1. The zero-order valence-corrected chi connectivity index (χ0v) is 12.3.